The summed E-state index contributed by atoms with van der Waals surface area (Å²) in [6, 6.07) is 0. The minimum absolute atomic E-state index is 0. The first-order chi connectivity index (χ1) is 3.41. The van der Waals surface area contributed by atoms with Gasteiger partial charge in [-0.25, -0.2) is 0 Å². The summed E-state index contributed by atoms with van der Waals surface area (Å²) in [6.07, 6.45) is 3.16. The first kappa shape index (κ1) is 30.2. The average molecular weight is 184 g/mol. The van der Waals surface area contributed by atoms with Crippen LogP contribution in [0.25, 0.3) is 0 Å². The fraction of sp³-hybridized carbons (Fsp3) is 1.00. The van der Waals surface area contributed by atoms with Crippen molar-refractivity contribution in [3.8, 4) is 0 Å². The van der Waals surface area contributed by atoms with Crippen molar-refractivity contribution in [1.82, 2.24) is 0 Å². The Kier molecular flexibility index (Phi) is 87.0. The maximum absolute atomic E-state index is 5.09. The van der Waals surface area contributed by atoms with Crippen molar-refractivity contribution in [3.63, 3.8) is 0 Å². The zero-order chi connectivity index (χ0) is 5.54. The molecule has 0 aromatic heterocycles. The van der Waals surface area contributed by atoms with Gasteiger partial charge in [0.2, 0.25) is 0 Å². The molecule has 0 N–H and O–H groups in total. The molecule has 1 nitrogen and oxygen atoms in total. The van der Waals surface area contributed by atoms with E-state index in [9.17, 15) is 0 Å². The highest BCUT2D eigenvalue weighted by molar-refractivity contribution is 7.98. The Morgan fingerprint density at radius 2 is 1.55 bits per heavy atom. The Hall–Kier alpha value is 0.310. The van der Waals surface area contributed by atoms with Gasteiger partial charge in [-0.3, -0.25) is 0 Å². The molecular weight excluding hydrogens is 156 g/mol. The molecule has 0 radical (unpaired) electrons. The normalized spacial score (nSPS) is 6.00. The summed E-state index contributed by atoms with van der Waals surface area (Å²) in [5.74, 6) is 0.841. The fourth-order valence-electron chi connectivity index (χ4n) is 0.287. The lowest BCUT2D eigenvalue weighted by atomic mass is 10.5. The van der Waals surface area contributed by atoms with Crippen LogP contribution in [0.5, 0.6) is 0 Å². The van der Waals surface area contributed by atoms with Gasteiger partial charge in [0.25, 0.3) is 0 Å². The largest absolute Gasteiger partial charge is 0.371 e. The van der Waals surface area contributed by atoms with Crippen molar-refractivity contribution in [2.24, 2.45) is 0 Å². The van der Waals surface area contributed by atoms with Gasteiger partial charge in [0, 0.05) is 6.61 Å². The molecule has 11 heavy (non-hydrogen) atoms. The second-order valence-electron chi connectivity index (χ2n) is 1.31. The zero-order valence-corrected chi connectivity index (χ0v) is 5.75. The number of thioether (sulfide) groups is 1. The summed E-state index contributed by atoms with van der Waals surface area (Å²) >= 11 is 1.72. The van der Waals surface area contributed by atoms with Gasteiger partial charge in [0.05, 0.1) is 5.94 Å². The van der Waals surface area contributed by atoms with Gasteiger partial charge in [-0.2, -0.15) is 0 Å². The molecule has 0 saturated carbocycles. The molecule has 0 aliphatic carbocycles. The van der Waals surface area contributed by atoms with Crippen LogP contribution in [0.4, 0.5) is 0 Å². The van der Waals surface area contributed by atoms with Crippen molar-refractivity contribution >= 4 is 11.8 Å². The Labute approximate surface area is 78.9 Å². The Morgan fingerprint density at radius 1 is 1.09 bits per heavy atom. The van der Waals surface area contributed by atoms with E-state index in [1.807, 2.05) is 6.26 Å². The van der Waals surface area contributed by atoms with Crippen LogP contribution in [0.1, 0.15) is 43.1 Å². The zero-order valence-electron chi connectivity index (χ0n) is 4.94. The molecule has 0 spiro atoms. The molecule has 0 aromatic carbocycles. The lowest BCUT2D eigenvalue weighted by Gasteiger charge is -1.95. The van der Waals surface area contributed by atoms with Crippen LogP contribution in [0.15, 0.2) is 0 Å². The fourth-order valence-corrected chi connectivity index (χ4v) is 0.571. The second kappa shape index (κ2) is 31.7. The van der Waals surface area contributed by atoms with Crippen LogP contribution in [-0.2, 0) is 4.74 Å². The Bertz CT molecular complexity index is 28.7. The molecule has 0 saturated heterocycles. The van der Waals surface area contributed by atoms with Gasteiger partial charge < -0.3 is 4.74 Å². The van der Waals surface area contributed by atoms with Gasteiger partial charge in [-0.05, 0) is 12.7 Å². The number of ether oxygens (including phenoxy) is 1. The van der Waals surface area contributed by atoms with E-state index in [4.69, 9.17) is 4.74 Å². The van der Waals surface area contributed by atoms with Crippen molar-refractivity contribution in [1.29, 1.82) is 0 Å². The minimum atomic E-state index is 0. The molecule has 2 heteroatoms. The van der Waals surface area contributed by atoms with E-state index in [2.05, 4.69) is 6.92 Å². The minimum Gasteiger partial charge on any atom is -0.371 e. The maximum Gasteiger partial charge on any atom is 0.0918 e. The van der Waals surface area contributed by atoms with E-state index in [0.29, 0.717) is 0 Å². The molecule has 0 atom stereocenters. The van der Waals surface area contributed by atoms with E-state index in [1.54, 1.807) is 11.8 Å². The quantitative estimate of drug-likeness (QED) is 0.476. The summed E-state index contributed by atoms with van der Waals surface area (Å²) < 4.78 is 5.09. The predicted molar refractivity (Wildman–Crippen MR) is 61.5 cm³/mol. The molecular formula is C9H28OS. The van der Waals surface area contributed by atoms with E-state index in [-0.39, 0.29) is 29.7 Å². The standard InChI is InChI=1S/C5H12OS.4CH4/c1-3-4-6-5-7-2;;;;/h3-5H2,1-2H3;4*1H4. The molecule has 0 aliphatic heterocycles. The van der Waals surface area contributed by atoms with Crippen LogP contribution in [0.3, 0.4) is 0 Å². The number of hydrogen-bond acceptors (Lipinski definition) is 2. The molecule has 0 bridgehead atoms. The second-order valence-corrected chi connectivity index (χ2v) is 2.13. The average Bonchev–Trinajstić information content (AvgIpc) is 1.69. The number of rotatable bonds is 4. The molecule has 0 aromatic rings. The highest BCUT2D eigenvalue weighted by Gasteiger charge is 1.77. The lowest BCUT2D eigenvalue weighted by molar-refractivity contribution is 0.184. The first-order valence-corrected chi connectivity index (χ1v) is 3.88. The Morgan fingerprint density at radius 3 is 1.82 bits per heavy atom. The van der Waals surface area contributed by atoms with Gasteiger partial charge in [0.15, 0.2) is 0 Å². The number of hydrogen-bond donors (Lipinski definition) is 0. The van der Waals surface area contributed by atoms with Gasteiger partial charge in [-0.1, -0.05) is 36.6 Å². The summed E-state index contributed by atoms with van der Waals surface area (Å²) in [6.45, 7) is 3.02. The van der Waals surface area contributed by atoms with Crippen molar-refractivity contribution in [2.75, 3.05) is 18.8 Å². The summed E-state index contributed by atoms with van der Waals surface area (Å²) in [4.78, 5) is 0. The molecule has 0 aliphatic rings. The van der Waals surface area contributed by atoms with Crippen molar-refractivity contribution in [3.05, 3.63) is 0 Å². The summed E-state index contributed by atoms with van der Waals surface area (Å²) in [5, 5.41) is 0. The molecule has 0 unspecified atom stereocenters. The highest BCUT2D eigenvalue weighted by Crippen LogP contribution is 1.91. The summed E-state index contributed by atoms with van der Waals surface area (Å²) in [7, 11) is 0. The van der Waals surface area contributed by atoms with Gasteiger partial charge in [0.1, 0.15) is 0 Å². The van der Waals surface area contributed by atoms with Crippen LogP contribution < -0.4 is 0 Å². The molecule has 0 rings (SSSR count). The smallest absolute Gasteiger partial charge is 0.0918 e. The molecule has 0 amide bonds. The first-order valence-electron chi connectivity index (χ1n) is 2.48. The van der Waals surface area contributed by atoms with Gasteiger partial charge in [-0.15, -0.1) is 11.8 Å². The Balaban J connectivity index is -0.0000000300. The van der Waals surface area contributed by atoms with E-state index < -0.39 is 0 Å². The van der Waals surface area contributed by atoms with E-state index in [1.165, 1.54) is 0 Å². The summed E-state index contributed by atoms with van der Waals surface area (Å²) in [5.41, 5.74) is 0. The third-order valence-corrected chi connectivity index (χ3v) is 0.952. The maximum atomic E-state index is 5.09. The van der Waals surface area contributed by atoms with Crippen LogP contribution in [-0.4, -0.2) is 18.8 Å². The van der Waals surface area contributed by atoms with E-state index >= 15 is 0 Å². The highest BCUT2D eigenvalue weighted by atomic mass is 32.2. The predicted octanol–water partition coefficient (Wildman–Crippen LogP) is 4.28. The lowest BCUT2D eigenvalue weighted by Crippen LogP contribution is -1.89. The van der Waals surface area contributed by atoms with Gasteiger partial charge >= 0.3 is 0 Å². The third kappa shape index (κ3) is 38.3. The molecule has 76 valence electrons. The van der Waals surface area contributed by atoms with Crippen molar-refractivity contribution in [2.45, 2.75) is 43.1 Å². The SMILES string of the molecule is C.C.C.C.CCCOCSC. The topological polar surface area (TPSA) is 9.23 Å². The monoisotopic (exact) mass is 184 g/mol. The van der Waals surface area contributed by atoms with Crippen LogP contribution in [0, 0.1) is 0 Å². The van der Waals surface area contributed by atoms with E-state index in [0.717, 1.165) is 19.0 Å². The molecule has 0 fully saturated rings. The van der Waals surface area contributed by atoms with Crippen LogP contribution >= 0.6 is 11.8 Å². The third-order valence-electron chi connectivity index (χ3n) is 0.550. The van der Waals surface area contributed by atoms with Crippen molar-refractivity contribution < 1.29 is 4.74 Å². The molecule has 0 heterocycles. The van der Waals surface area contributed by atoms with Crippen LogP contribution in [0.2, 0.25) is 0 Å².